The molecule has 0 saturated heterocycles. The number of aromatic nitrogens is 4. The summed E-state index contributed by atoms with van der Waals surface area (Å²) >= 11 is 5.99. The minimum Gasteiger partial charge on any atom is -0.364 e. The van der Waals surface area contributed by atoms with Gasteiger partial charge in [0.1, 0.15) is 17.7 Å². The quantitative estimate of drug-likeness (QED) is 0.569. The van der Waals surface area contributed by atoms with Gasteiger partial charge in [-0.05, 0) is 36.8 Å². The molecule has 0 radical (unpaired) electrons. The molecule has 0 aliphatic heterocycles. The van der Waals surface area contributed by atoms with E-state index in [4.69, 9.17) is 16.1 Å². The first kappa shape index (κ1) is 16.3. The number of anilines is 1. The summed E-state index contributed by atoms with van der Waals surface area (Å²) in [5.41, 5.74) is 2.64. The lowest BCUT2D eigenvalue weighted by molar-refractivity contribution is 0.420. The Labute approximate surface area is 153 Å². The van der Waals surface area contributed by atoms with Crippen LogP contribution in [0.1, 0.15) is 18.5 Å². The molecule has 1 atom stereocenters. The molecule has 0 fully saturated rings. The number of rotatable bonds is 4. The average molecular weight is 368 g/mol. The van der Waals surface area contributed by atoms with E-state index in [9.17, 15) is 4.79 Å². The van der Waals surface area contributed by atoms with Crippen molar-refractivity contribution in [3.63, 3.8) is 0 Å². The molecule has 0 amide bonds. The van der Waals surface area contributed by atoms with E-state index >= 15 is 0 Å². The van der Waals surface area contributed by atoms with Crippen molar-refractivity contribution in [1.29, 1.82) is 0 Å². The fourth-order valence-corrected chi connectivity index (χ4v) is 2.91. The van der Waals surface area contributed by atoms with Crippen LogP contribution in [0.3, 0.4) is 0 Å². The summed E-state index contributed by atoms with van der Waals surface area (Å²) in [6.45, 7) is 1.89. The molecular formula is C18H14ClN5O2. The third-order valence-electron chi connectivity index (χ3n) is 4.05. The second-order valence-electron chi connectivity index (χ2n) is 5.85. The van der Waals surface area contributed by atoms with Crippen LogP contribution in [0, 0.1) is 0 Å². The van der Waals surface area contributed by atoms with E-state index in [2.05, 4.69) is 25.4 Å². The van der Waals surface area contributed by atoms with Crippen molar-refractivity contribution in [2.45, 2.75) is 13.0 Å². The molecule has 4 rings (SSSR count). The molecule has 2 N–H and O–H groups in total. The van der Waals surface area contributed by atoms with Gasteiger partial charge >= 0.3 is 0 Å². The molecule has 8 heteroatoms. The highest BCUT2D eigenvalue weighted by Crippen LogP contribution is 2.23. The van der Waals surface area contributed by atoms with Crippen molar-refractivity contribution in [2.75, 3.05) is 5.32 Å². The molecule has 0 spiro atoms. The van der Waals surface area contributed by atoms with Gasteiger partial charge in [0.05, 0.1) is 17.3 Å². The van der Waals surface area contributed by atoms with Crippen LogP contribution in [0.4, 0.5) is 5.82 Å². The number of nitrogens with one attached hydrogen (secondary N) is 2. The van der Waals surface area contributed by atoms with Crippen LogP contribution in [-0.4, -0.2) is 20.1 Å². The molecule has 1 unspecified atom stereocenters. The van der Waals surface area contributed by atoms with Gasteiger partial charge < -0.3 is 14.8 Å². The molecule has 4 heterocycles. The molecule has 0 aromatic carbocycles. The number of fused-ring (bicyclic) bond motifs is 1. The Hall–Kier alpha value is -3.19. The summed E-state index contributed by atoms with van der Waals surface area (Å²) in [7, 11) is 0. The van der Waals surface area contributed by atoms with Crippen LogP contribution >= 0.6 is 11.6 Å². The Balaban J connectivity index is 1.65. The molecule has 130 valence electrons. The van der Waals surface area contributed by atoms with Crippen molar-refractivity contribution in [1.82, 2.24) is 20.1 Å². The molecule has 0 aliphatic rings. The van der Waals surface area contributed by atoms with Crippen molar-refractivity contribution in [2.24, 2.45) is 0 Å². The molecule has 7 nitrogen and oxygen atoms in total. The Bertz CT molecular complexity index is 1120. The lowest BCUT2D eigenvalue weighted by Crippen LogP contribution is -2.20. The number of hydrogen-bond donors (Lipinski definition) is 2. The molecular weight excluding hydrogens is 354 g/mol. The summed E-state index contributed by atoms with van der Waals surface area (Å²) in [5, 5.41) is 8.23. The number of aromatic amines is 1. The Kier molecular flexibility index (Phi) is 4.14. The molecule has 4 aromatic rings. The summed E-state index contributed by atoms with van der Waals surface area (Å²) < 4.78 is 4.87. The molecule has 0 aliphatic carbocycles. The van der Waals surface area contributed by atoms with Gasteiger partial charge in [0.25, 0.3) is 5.56 Å². The van der Waals surface area contributed by atoms with Crippen LogP contribution in [0.25, 0.3) is 22.2 Å². The van der Waals surface area contributed by atoms with Gasteiger partial charge in [-0.2, -0.15) is 0 Å². The Morgan fingerprint density at radius 3 is 2.88 bits per heavy atom. The van der Waals surface area contributed by atoms with Crippen molar-refractivity contribution < 1.29 is 4.52 Å². The molecule has 4 aromatic heterocycles. The Morgan fingerprint density at radius 1 is 1.19 bits per heavy atom. The van der Waals surface area contributed by atoms with Crippen LogP contribution < -0.4 is 10.9 Å². The van der Waals surface area contributed by atoms with E-state index in [-0.39, 0.29) is 11.6 Å². The van der Waals surface area contributed by atoms with Gasteiger partial charge in [-0.3, -0.25) is 4.79 Å². The number of halogens is 1. The standard InChI is InChI=1S/C18H14ClN5O2/c1-10(15-5-12-4-14(19)8-21-17(12)24-18(15)25)23-16-6-11(2-3-20-16)13-7-22-26-9-13/h2-10H,1H3,(H,20,23)(H,21,24,25). The third-order valence-corrected chi connectivity index (χ3v) is 4.25. The van der Waals surface area contributed by atoms with Crippen molar-refractivity contribution in [3.05, 3.63) is 70.1 Å². The van der Waals surface area contributed by atoms with E-state index in [1.807, 2.05) is 19.1 Å². The smallest absolute Gasteiger partial charge is 0.254 e. The highest BCUT2D eigenvalue weighted by atomic mass is 35.5. The maximum absolute atomic E-state index is 12.4. The minimum absolute atomic E-state index is 0.206. The van der Waals surface area contributed by atoms with E-state index in [0.29, 0.717) is 22.1 Å². The first-order valence-electron chi connectivity index (χ1n) is 7.91. The average Bonchev–Trinajstić information content (AvgIpc) is 3.16. The first-order valence-corrected chi connectivity index (χ1v) is 8.29. The van der Waals surface area contributed by atoms with Gasteiger partial charge in [0.15, 0.2) is 0 Å². The summed E-state index contributed by atoms with van der Waals surface area (Å²) in [5.74, 6) is 0.639. The SMILES string of the molecule is CC(Nc1cc(-c2cnoc2)ccn1)c1cc2cc(Cl)cnc2[nH]c1=O. The Morgan fingerprint density at radius 2 is 2.08 bits per heavy atom. The second-order valence-corrected chi connectivity index (χ2v) is 6.29. The normalized spacial score (nSPS) is 12.2. The van der Waals surface area contributed by atoms with Gasteiger partial charge in [-0.25, -0.2) is 9.97 Å². The van der Waals surface area contributed by atoms with Gasteiger partial charge in [-0.1, -0.05) is 16.8 Å². The predicted molar refractivity (Wildman–Crippen MR) is 99.1 cm³/mol. The molecule has 26 heavy (non-hydrogen) atoms. The second kappa shape index (κ2) is 6.61. The highest BCUT2D eigenvalue weighted by molar-refractivity contribution is 6.31. The zero-order chi connectivity index (χ0) is 18.1. The number of hydrogen-bond acceptors (Lipinski definition) is 6. The van der Waals surface area contributed by atoms with Crippen LogP contribution in [0.5, 0.6) is 0 Å². The first-order chi connectivity index (χ1) is 12.6. The van der Waals surface area contributed by atoms with E-state index in [0.717, 1.165) is 16.5 Å². The third kappa shape index (κ3) is 3.16. The number of H-pyrrole nitrogens is 1. The molecule has 0 bridgehead atoms. The maximum Gasteiger partial charge on any atom is 0.254 e. The monoisotopic (exact) mass is 367 g/mol. The fourth-order valence-electron chi connectivity index (χ4n) is 2.74. The lowest BCUT2D eigenvalue weighted by atomic mass is 10.1. The maximum atomic E-state index is 12.4. The predicted octanol–water partition coefficient (Wildman–Crippen LogP) is 3.80. The number of nitrogens with zero attached hydrogens (tertiary/aromatic N) is 3. The van der Waals surface area contributed by atoms with E-state index in [1.165, 1.54) is 6.20 Å². The van der Waals surface area contributed by atoms with Gasteiger partial charge in [-0.15, -0.1) is 0 Å². The van der Waals surface area contributed by atoms with Gasteiger partial charge in [0, 0.05) is 28.9 Å². The summed E-state index contributed by atoms with van der Waals surface area (Å²) in [6, 6.07) is 7.01. The van der Waals surface area contributed by atoms with E-state index < -0.39 is 0 Å². The zero-order valence-electron chi connectivity index (χ0n) is 13.7. The summed E-state index contributed by atoms with van der Waals surface area (Å²) in [6.07, 6.45) is 6.38. The highest BCUT2D eigenvalue weighted by Gasteiger charge is 2.13. The fraction of sp³-hybridized carbons (Fsp3) is 0.111. The van der Waals surface area contributed by atoms with Crippen LogP contribution in [0.15, 0.2) is 58.4 Å². The minimum atomic E-state index is -0.271. The van der Waals surface area contributed by atoms with Crippen molar-refractivity contribution in [3.8, 4) is 11.1 Å². The topological polar surface area (TPSA) is 96.7 Å². The zero-order valence-corrected chi connectivity index (χ0v) is 14.5. The van der Waals surface area contributed by atoms with Crippen molar-refractivity contribution >= 4 is 28.5 Å². The number of pyridine rings is 3. The largest absolute Gasteiger partial charge is 0.364 e. The van der Waals surface area contributed by atoms with Crippen LogP contribution in [0.2, 0.25) is 5.02 Å². The van der Waals surface area contributed by atoms with Crippen LogP contribution in [-0.2, 0) is 0 Å². The summed E-state index contributed by atoms with van der Waals surface area (Å²) in [4.78, 5) is 23.6. The molecule has 0 saturated carbocycles. The van der Waals surface area contributed by atoms with E-state index in [1.54, 1.807) is 30.8 Å². The lowest BCUT2D eigenvalue weighted by Gasteiger charge is -2.15. The van der Waals surface area contributed by atoms with Gasteiger partial charge in [0.2, 0.25) is 0 Å².